The number of aromatic nitrogens is 4. The first kappa shape index (κ1) is 105. The smallest absolute Gasteiger partial charge is 0.537 e. The number of allylic oxidation sites excluding steroid dienone is 1. The average molecular weight is 2410 g/mol. The van der Waals surface area contributed by atoms with Crippen molar-refractivity contribution in [3.8, 4) is 28.4 Å². The maximum atomic E-state index is 15.9. The third kappa shape index (κ3) is 23.3. The van der Waals surface area contributed by atoms with E-state index in [1.165, 1.54) is 46.7 Å². The van der Waals surface area contributed by atoms with Gasteiger partial charge in [-0.25, -0.2) is 27.2 Å². The first-order valence-electron chi connectivity index (χ1n) is 40.8. The molecule has 4 aromatic heterocycles. The van der Waals surface area contributed by atoms with E-state index in [0.29, 0.717) is 101 Å². The van der Waals surface area contributed by atoms with Gasteiger partial charge in [-0.3, -0.25) is 14.4 Å². The summed E-state index contributed by atoms with van der Waals surface area (Å²) in [6.07, 6.45) is 3.32. The second kappa shape index (κ2) is 43.2. The molecule has 8 saturated heterocycles. The fourth-order valence-corrected chi connectivity index (χ4v) is 21.7. The summed E-state index contributed by atoms with van der Waals surface area (Å²) in [6, 6.07) is 29.8. The zero-order valence-corrected chi connectivity index (χ0v) is 90.0. The first-order chi connectivity index (χ1) is 63.3. The van der Waals surface area contributed by atoms with Crippen LogP contribution in [0.15, 0.2) is 148 Å². The summed E-state index contributed by atoms with van der Waals surface area (Å²) in [6.45, 7) is 34.5. The zero-order chi connectivity index (χ0) is 97.3. The summed E-state index contributed by atoms with van der Waals surface area (Å²) in [5.74, 6) is 0.128. The lowest BCUT2D eigenvalue weighted by Crippen LogP contribution is -2.73. The number of amides is 4. The van der Waals surface area contributed by atoms with Crippen molar-refractivity contribution >= 4 is 331 Å². The molecule has 1 radical (unpaired) electrons. The van der Waals surface area contributed by atoms with Gasteiger partial charge in [-0.05, 0) is 229 Å². The van der Waals surface area contributed by atoms with Crippen molar-refractivity contribution in [3.63, 3.8) is 0 Å². The molecular weight excluding hydrogens is 2330 g/mol. The lowest BCUT2D eigenvalue weighted by atomic mass is 9.73. The first-order valence-corrected chi connectivity index (χ1v) is 51.3. The van der Waals surface area contributed by atoms with E-state index < -0.39 is 34.1 Å². The number of hydrogen-bond donors (Lipinski definition) is 2. The van der Waals surface area contributed by atoms with Crippen LogP contribution in [0, 0.1) is 44.9 Å². The molecular formula is C89H83B2Br6Cl6F4N12O11S4. The second-order valence-electron chi connectivity index (χ2n) is 34.9. The summed E-state index contributed by atoms with van der Waals surface area (Å²) in [4.78, 5) is 70.1. The minimum atomic E-state index is -0.509. The van der Waals surface area contributed by atoms with Crippen molar-refractivity contribution < 1.29 is 70.2 Å². The number of carbonyl (C=O) groups excluding carboxylic acids is 5. The van der Waals surface area contributed by atoms with Crippen LogP contribution < -0.4 is 34.1 Å². The van der Waals surface area contributed by atoms with Gasteiger partial charge in [-0.1, -0.05) is 126 Å². The Balaban J connectivity index is 0.000000138. The fourth-order valence-electron chi connectivity index (χ4n) is 16.5. The highest BCUT2D eigenvalue weighted by atomic mass is 79.9. The average Bonchev–Trinajstić information content (AvgIpc) is 1.31. The van der Waals surface area contributed by atoms with Gasteiger partial charge in [0.05, 0.1) is 47.7 Å². The van der Waals surface area contributed by atoms with E-state index in [4.69, 9.17) is 98.2 Å². The monoisotopic (exact) mass is 2400 g/mol. The predicted octanol–water partition coefficient (Wildman–Crippen LogP) is 24.5. The number of halogens is 16. The Bertz CT molecular complexity index is 6530. The number of anilines is 3. The van der Waals surface area contributed by atoms with Crippen LogP contribution in [-0.4, -0.2) is 212 Å². The van der Waals surface area contributed by atoms with E-state index in [1.807, 2.05) is 114 Å². The number of likely N-dealkylation sites (tertiary alicyclic amines) is 4. The van der Waals surface area contributed by atoms with Crippen LogP contribution in [-0.2, 0) is 23.9 Å². The third-order valence-electron chi connectivity index (χ3n) is 22.6. The molecule has 12 aromatic rings. The largest absolute Gasteiger partial charge is 0.569 e. The lowest BCUT2D eigenvalue weighted by molar-refractivity contribution is -0.140. The van der Waals surface area contributed by atoms with Crippen LogP contribution in [0.3, 0.4) is 0 Å². The van der Waals surface area contributed by atoms with Crippen LogP contribution in [0.4, 0.5) is 42.2 Å². The molecule has 23 nitrogen and oxygen atoms in total. The Hall–Kier alpha value is -6.60. The molecule has 8 aliphatic heterocycles. The van der Waals surface area contributed by atoms with Gasteiger partial charge < -0.3 is 68.2 Å². The van der Waals surface area contributed by atoms with Gasteiger partial charge in [0.15, 0.2) is 23.3 Å². The molecule has 8 aliphatic rings. The van der Waals surface area contributed by atoms with Crippen molar-refractivity contribution in [3.05, 3.63) is 196 Å². The van der Waals surface area contributed by atoms with E-state index in [0.717, 1.165) is 162 Å². The molecule has 8 aromatic carbocycles. The SMILES string of the molecule is BrB(Br)Br.C=CC(=O)Cl.C=CC(=O)N1CC2(C1)CN(c1snc3c(F)c(-c4cc(OC)cc5ccccc45)c(Cl)cc13)C2.C=CC(=O)N1CC2(C1)CN(c1snc3c(F)c(Br)c(Cl)cc13)C2.CC(C)(C)OC(=O)N1CC2(C1)CN(c1snc3c(F)c(Br)c(Cl)cc13)C2.CC(C)(C)OC(=O)N1CC2(CNC2)C1.COc1cc(O[B]O)c2ccccc2c1.Fc1c(Br)c(Cl)cc2c(Cl)snc12. The standard InChI is InChI=1S/C26H21ClFN3O2S.C17H18BrClFN3O2S.C15H12BrClFN3OS.C11H10BO3.C10H18N2O2.C7HBrCl2FNS.C3H3ClO.BBr3/c1-3-21(32)30-11-26(12-30)13-31(14-26)25-19-10-20(27)22(23(28)24(19)29-34-25)18-9-16(33-2)8-15-6-4-5-7-17(15)18;1-16(2,3)25-15(24)23-7-17(8-23)5-22(6-17)14-9-4-10(19)11(18)12(20)13(9)21-26-14;1-2-10(22)20-4-15(5-20)6-21(7-15)14-8-3-9(17)11(16)12(18)13(8)19-23-14;1-14-9-6-8-4-2-3-5-10(8)11(7-9)15-12-13;1-9(2,3)14-8(13)12-6-10(7-12)4-11-5-10;8-4-3(9)1-2-6(5(4)11)12-13-7(2)10;1-2-3(4)5;2-1(3)4/h3-10H,1,11-14H2,2H3;4H,5-8H2,1-3H3;2-3H,1,4-7H2;2-7,13H,1H3;11H,4-7H2,1-3H3;1H;2H,1H2;. The maximum Gasteiger partial charge on any atom is 0.569 e. The molecule has 0 atom stereocenters. The van der Waals surface area contributed by atoms with Gasteiger partial charge in [0.2, 0.25) is 17.1 Å². The Kier molecular flexibility index (Phi) is 33.8. The van der Waals surface area contributed by atoms with Gasteiger partial charge in [-0.2, -0.15) is 17.5 Å². The number of hydrogen-bond acceptors (Lipinski definition) is 23. The van der Waals surface area contributed by atoms with Crippen LogP contribution in [0.25, 0.3) is 76.3 Å². The molecule has 4 amide bonds. The molecule has 12 heterocycles. The minimum Gasteiger partial charge on any atom is -0.537 e. The third-order valence-corrected chi connectivity index (χ3v) is 30.8. The molecule has 707 valence electrons. The number of nitrogens with zero attached hydrogens (tertiary/aromatic N) is 11. The van der Waals surface area contributed by atoms with Crippen LogP contribution in [0.5, 0.6) is 17.2 Å². The highest BCUT2D eigenvalue weighted by Gasteiger charge is 2.57. The summed E-state index contributed by atoms with van der Waals surface area (Å²) in [5, 5.41) is 22.0. The van der Waals surface area contributed by atoms with E-state index >= 15 is 4.39 Å². The molecule has 0 unspecified atom stereocenters. The molecule has 0 saturated carbocycles. The van der Waals surface area contributed by atoms with Crippen LogP contribution in [0.1, 0.15) is 41.5 Å². The summed E-state index contributed by atoms with van der Waals surface area (Å²) in [7, 11) is 3.86. The van der Waals surface area contributed by atoms with Crippen LogP contribution in [0.2, 0.25) is 24.4 Å². The topological polar surface area (TPSA) is 238 Å². The number of rotatable bonds is 11. The van der Waals surface area contributed by atoms with Crippen molar-refractivity contribution in [2.75, 3.05) is 134 Å². The summed E-state index contributed by atoms with van der Waals surface area (Å²) in [5.41, 5.74) is 2.17. The highest BCUT2D eigenvalue weighted by molar-refractivity contribution is 9.69. The molecule has 45 heteroatoms. The lowest BCUT2D eigenvalue weighted by Gasteiger charge is -2.60. The predicted molar refractivity (Wildman–Crippen MR) is 557 cm³/mol. The number of methoxy groups -OCH3 is 2. The van der Waals surface area contributed by atoms with Gasteiger partial charge in [0, 0.05) is 165 Å². The second-order valence-corrected chi connectivity index (χ2v) is 49.3. The van der Waals surface area contributed by atoms with Crippen molar-refractivity contribution in [2.45, 2.75) is 52.7 Å². The highest BCUT2D eigenvalue weighted by Crippen LogP contribution is 2.53. The number of ether oxygens (including phenoxy) is 4. The molecule has 0 bridgehead atoms. The normalized spacial score (nSPS) is 16.3. The minimum absolute atomic E-state index is 0.0176. The molecule has 0 aliphatic carbocycles. The van der Waals surface area contributed by atoms with Gasteiger partial charge >= 0.3 is 23.1 Å². The van der Waals surface area contributed by atoms with Gasteiger partial charge in [0.1, 0.15) is 69.9 Å². The number of fused-ring (bicyclic) bond motifs is 6. The molecule has 2 N–H and O–H groups in total. The quantitative estimate of drug-likeness (QED) is 0.0402. The van der Waals surface area contributed by atoms with E-state index in [2.05, 4.69) is 152 Å². The molecule has 134 heavy (non-hydrogen) atoms. The Morgan fingerprint density at radius 3 is 1.18 bits per heavy atom. The van der Waals surface area contributed by atoms with Gasteiger partial charge in [-0.15, -0.1) is 47.3 Å². The number of benzene rings is 8. The number of carbonyl (C=O) groups is 5. The Morgan fingerprint density at radius 2 is 0.813 bits per heavy atom. The fraction of sp³-hybridized carbons (Fsp3) is 0.337. The van der Waals surface area contributed by atoms with Crippen molar-refractivity contribution in [1.29, 1.82) is 0 Å². The van der Waals surface area contributed by atoms with E-state index in [-0.39, 0.29) is 68.0 Å². The molecule has 4 spiro atoms. The van der Waals surface area contributed by atoms with Crippen LogP contribution >= 0.6 is 211 Å². The van der Waals surface area contributed by atoms with E-state index in [1.54, 1.807) is 58.1 Å². The van der Waals surface area contributed by atoms with Crippen molar-refractivity contribution in [1.82, 2.24) is 42.4 Å². The van der Waals surface area contributed by atoms with Crippen molar-refractivity contribution in [2.24, 2.45) is 21.7 Å². The molecule has 20 rings (SSSR count). The van der Waals surface area contributed by atoms with E-state index in [9.17, 15) is 37.1 Å². The summed E-state index contributed by atoms with van der Waals surface area (Å²) < 4.78 is 102. The Morgan fingerprint density at radius 1 is 0.478 bits per heavy atom. The maximum absolute atomic E-state index is 15.9. The number of nitrogens with one attached hydrogen (secondary N) is 1. The zero-order valence-electron chi connectivity index (χ0n) is 72.7. The van der Waals surface area contributed by atoms with Gasteiger partial charge in [0.25, 0.3) is 0 Å². The molecule has 8 fully saturated rings. The summed E-state index contributed by atoms with van der Waals surface area (Å²) >= 11 is 58.7. The Labute approximate surface area is 867 Å².